The fourth-order valence-electron chi connectivity index (χ4n) is 3.55. The average Bonchev–Trinajstić information content (AvgIpc) is 2.69. The van der Waals surface area contributed by atoms with Crippen LogP contribution >= 0.6 is 0 Å². The zero-order valence-corrected chi connectivity index (χ0v) is 18.6. The summed E-state index contributed by atoms with van der Waals surface area (Å²) in [5.74, 6) is 0.421. The van der Waals surface area contributed by atoms with E-state index in [2.05, 4.69) is 5.32 Å². The Morgan fingerprint density at radius 3 is 2.43 bits per heavy atom. The molecule has 0 aliphatic carbocycles. The first kappa shape index (κ1) is 22.3. The summed E-state index contributed by atoms with van der Waals surface area (Å²) in [6, 6.07) is 14.9. The maximum atomic E-state index is 12.7. The maximum absolute atomic E-state index is 12.7. The number of hydrogen-bond acceptors (Lipinski definition) is 4. The highest BCUT2D eigenvalue weighted by atomic mass is 32.2. The zero-order chi connectivity index (χ0) is 21.7. The Labute approximate surface area is 179 Å². The third-order valence-corrected chi connectivity index (χ3v) is 7.01. The number of carbonyl (C=O) groups excluding carboxylic acids is 1. The fourth-order valence-corrected chi connectivity index (χ4v) is 5.11. The molecule has 6 nitrogen and oxygen atoms in total. The Bertz CT molecular complexity index is 963. The number of nitrogens with zero attached hydrogens (tertiary/aromatic N) is 1. The highest BCUT2D eigenvalue weighted by molar-refractivity contribution is 7.88. The highest BCUT2D eigenvalue weighted by Gasteiger charge is 2.31. The second-order valence-corrected chi connectivity index (χ2v) is 10.1. The molecular formula is C23H30N2O4S. The van der Waals surface area contributed by atoms with Gasteiger partial charge in [-0.1, -0.05) is 35.9 Å². The molecule has 7 heteroatoms. The van der Waals surface area contributed by atoms with Crippen molar-refractivity contribution in [2.24, 2.45) is 5.92 Å². The molecule has 0 atom stereocenters. The quantitative estimate of drug-likeness (QED) is 0.721. The maximum Gasteiger partial charge on any atom is 0.227 e. The van der Waals surface area contributed by atoms with Crippen molar-refractivity contribution in [3.05, 3.63) is 59.7 Å². The Morgan fingerprint density at radius 1 is 1.13 bits per heavy atom. The van der Waals surface area contributed by atoms with Crippen LogP contribution < -0.4 is 10.1 Å². The topological polar surface area (TPSA) is 75.7 Å². The number of piperidine rings is 1. The Kier molecular flexibility index (Phi) is 7.15. The van der Waals surface area contributed by atoms with Crippen LogP contribution in [0.1, 0.15) is 37.8 Å². The Hall–Kier alpha value is -2.38. The molecule has 3 rings (SSSR count). The number of hydrogen-bond donors (Lipinski definition) is 1. The van der Waals surface area contributed by atoms with Crippen LogP contribution in [0.5, 0.6) is 5.75 Å². The van der Waals surface area contributed by atoms with E-state index in [0.717, 1.165) is 11.1 Å². The molecular weight excluding hydrogens is 400 g/mol. The Morgan fingerprint density at radius 2 is 1.80 bits per heavy atom. The van der Waals surface area contributed by atoms with Gasteiger partial charge in [-0.25, -0.2) is 12.7 Å². The number of aryl methyl sites for hydroxylation is 1. The van der Waals surface area contributed by atoms with Crippen LogP contribution in [-0.2, 0) is 20.6 Å². The third-order valence-electron chi connectivity index (χ3n) is 5.16. The van der Waals surface area contributed by atoms with Crippen molar-refractivity contribution in [2.45, 2.75) is 45.5 Å². The van der Waals surface area contributed by atoms with Gasteiger partial charge < -0.3 is 10.1 Å². The summed E-state index contributed by atoms with van der Waals surface area (Å²) in [6.07, 6.45) is 1.09. The number of ether oxygens (including phenoxy) is 1. The van der Waals surface area contributed by atoms with Crippen molar-refractivity contribution < 1.29 is 17.9 Å². The molecule has 2 aromatic carbocycles. The molecule has 0 saturated carbocycles. The highest BCUT2D eigenvalue weighted by Crippen LogP contribution is 2.24. The minimum absolute atomic E-state index is 0.00716. The van der Waals surface area contributed by atoms with Crippen LogP contribution in [0.3, 0.4) is 0 Å². The molecule has 162 valence electrons. The lowest BCUT2D eigenvalue weighted by molar-refractivity contribution is -0.120. The average molecular weight is 431 g/mol. The van der Waals surface area contributed by atoms with Crippen LogP contribution in [-0.4, -0.2) is 37.8 Å². The third kappa shape index (κ3) is 6.06. The summed E-state index contributed by atoms with van der Waals surface area (Å²) in [5, 5.41) is 2.94. The van der Waals surface area contributed by atoms with Gasteiger partial charge in [0.25, 0.3) is 0 Å². The predicted octanol–water partition coefficient (Wildman–Crippen LogP) is 3.96. The van der Waals surface area contributed by atoms with E-state index in [1.165, 1.54) is 4.31 Å². The van der Waals surface area contributed by atoms with Gasteiger partial charge in [0.05, 0.1) is 11.9 Å². The van der Waals surface area contributed by atoms with Crippen LogP contribution in [0.2, 0.25) is 0 Å². The van der Waals surface area contributed by atoms with E-state index in [1.807, 2.05) is 63.2 Å². The zero-order valence-electron chi connectivity index (χ0n) is 17.8. The monoisotopic (exact) mass is 430 g/mol. The predicted molar refractivity (Wildman–Crippen MR) is 119 cm³/mol. The summed E-state index contributed by atoms with van der Waals surface area (Å²) >= 11 is 0. The van der Waals surface area contributed by atoms with Gasteiger partial charge in [0.15, 0.2) is 0 Å². The molecule has 0 radical (unpaired) electrons. The second kappa shape index (κ2) is 9.62. The van der Waals surface area contributed by atoms with Gasteiger partial charge in [0.1, 0.15) is 5.75 Å². The van der Waals surface area contributed by atoms with Crippen molar-refractivity contribution >= 4 is 21.6 Å². The molecule has 1 saturated heterocycles. The van der Waals surface area contributed by atoms with E-state index in [4.69, 9.17) is 4.74 Å². The number of nitrogens with one attached hydrogen (secondary N) is 1. The number of rotatable bonds is 7. The Balaban J connectivity index is 1.54. The minimum Gasteiger partial charge on any atom is -0.491 e. The summed E-state index contributed by atoms with van der Waals surface area (Å²) in [4.78, 5) is 12.7. The van der Waals surface area contributed by atoms with E-state index >= 15 is 0 Å². The summed E-state index contributed by atoms with van der Waals surface area (Å²) < 4.78 is 32.7. The van der Waals surface area contributed by atoms with Crippen molar-refractivity contribution in [1.29, 1.82) is 0 Å². The number of anilines is 1. The first-order valence-corrected chi connectivity index (χ1v) is 11.9. The summed E-state index contributed by atoms with van der Waals surface area (Å²) in [6.45, 7) is 6.60. The molecule has 0 bridgehead atoms. The number of sulfonamides is 1. The molecule has 1 heterocycles. The van der Waals surface area contributed by atoms with Gasteiger partial charge in [0.2, 0.25) is 15.9 Å². The molecule has 1 amide bonds. The van der Waals surface area contributed by atoms with Crippen molar-refractivity contribution in [3.8, 4) is 5.75 Å². The van der Waals surface area contributed by atoms with E-state index in [0.29, 0.717) is 37.4 Å². The van der Waals surface area contributed by atoms with E-state index in [1.54, 1.807) is 6.07 Å². The molecule has 0 unspecified atom stereocenters. The molecule has 1 N–H and O–H groups in total. The van der Waals surface area contributed by atoms with Gasteiger partial charge >= 0.3 is 0 Å². The fraction of sp³-hybridized carbons (Fsp3) is 0.435. The second-order valence-electron chi connectivity index (χ2n) is 8.10. The van der Waals surface area contributed by atoms with Gasteiger partial charge in [-0.3, -0.25) is 4.79 Å². The molecule has 1 aliphatic heterocycles. The van der Waals surface area contributed by atoms with Crippen LogP contribution in [0, 0.1) is 12.8 Å². The van der Waals surface area contributed by atoms with Crippen LogP contribution in [0.15, 0.2) is 48.5 Å². The molecule has 30 heavy (non-hydrogen) atoms. The first-order valence-electron chi connectivity index (χ1n) is 10.3. The number of amides is 1. The lowest BCUT2D eigenvalue weighted by atomic mass is 9.97. The van der Waals surface area contributed by atoms with E-state index in [-0.39, 0.29) is 23.7 Å². The molecule has 0 aromatic heterocycles. The molecule has 2 aromatic rings. The van der Waals surface area contributed by atoms with Crippen molar-refractivity contribution in [1.82, 2.24) is 4.31 Å². The summed E-state index contributed by atoms with van der Waals surface area (Å²) in [7, 11) is -3.39. The van der Waals surface area contributed by atoms with E-state index < -0.39 is 10.0 Å². The van der Waals surface area contributed by atoms with Gasteiger partial charge in [-0.15, -0.1) is 0 Å². The standard InChI is InChI=1S/C23H30N2O4S/c1-17(2)29-22-6-4-5-21(15-22)24-23(26)20-11-13-25(14-12-20)30(27,28)16-19-9-7-18(3)8-10-19/h4-10,15,17,20H,11-14,16H2,1-3H3,(H,24,26). The minimum atomic E-state index is -3.39. The molecule has 1 aliphatic rings. The number of benzene rings is 2. The number of carbonyl (C=O) groups is 1. The summed E-state index contributed by atoms with van der Waals surface area (Å²) in [5.41, 5.74) is 2.57. The first-order chi connectivity index (χ1) is 14.2. The molecule has 0 spiro atoms. The van der Waals surface area contributed by atoms with Gasteiger partial charge in [-0.2, -0.15) is 0 Å². The van der Waals surface area contributed by atoms with Crippen molar-refractivity contribution in [2.75, 3.05) is 18.4 Å². The largest absolute Gasteiger partial charge is 0.491 e. The lowest BCUT2D eigenvalue weighted by Crippen LogP contribution is -2.41. The van der Waals surface area contributed by atoms with Gasteiger partial charge in [0, 0.05) is 30.8 Å². The van der Waals surface area contributed by atoms with Crippen LogP contribution in [0.4, 0.5) is 5.69 Å². The van der Waals surface area contributed by atoms with Crippen LogP contribution in [0.25, 0.3) is 0 Å². The lowest BCUT2D eigenvalue weighted by Gasteiger charge is -2.30. The smallest absolute Gasteiger partial charge is 0.227 e. The molecule has 1 fully saturated rings. The van der Waals surface area contributed by atoms with Gasteiger partial charge in [-0.05, 0) is 51.3 Å². The van der Waals surface area contributed by atoms with E-state index in [9.17, 15) is 13.2 Å². The normalized spacial score (nSPS) is 15.9. The van der Waals surface area contributed by atoms with Crippen molar-refractivity contribution in [3.63, 3.8) is 0 Å². The SMILES string of the molecule is Cc1ccc(CS(=O)(=O)N2CCC(C(=O)Nc3cccc(OC(C)C)c3)CC2)cc1.